The first-order valence-corrected chi connectivity index (χ1v) is 10.9. The van der Waals surface area contributed by atoms with Gasteiger partial charge in [-0.1, -0.05) is 24.3 Å². The molecule has 0 saturated carbocycles. The van der Waals surface area contributed by atoms with Crippen LogP contribution in [-0.2, 0) is 9.53 Å². The number of amides is 1. The van der Waals surface area contributed by atoms with Gasteiger partial charge in [0.15, 0.2) is 11.9 Å². The van der Waals surface area contributed by atoms with Crippen molar-refractivity contribution in [2.45, 2.75) is 20.0 Å². The number of aromatic nitrogens is 1. The van der Waals surface area contributed by atoms with Crippen molar-refractivity contribution in [2.75, 3.05) is 5.32 Å². The van der Waals surface area contributed by atoms with Gasteiger partial charge in [0.2, 0.25) is 0 Å². The summed E-state index contributed by atoms with van der Waals surface area (Å²) in [6.45, 7) is 2.99. The summed E-state index contributed by atoms with van der Waals surface area (Å²) in [6, 6.07) is 19.4. The van der Waals surface area contributed by atoms with E-state index in [-0.39, 0.29) is 5.78 Å². The zero-order valence-corrected chi connectivity index (χ0v) is 18.3. The summed E-state index contributed by atoms with van der Waals surface area (Å²) in [6.07, 6.45) is -1.02. The molecule has 0 bridgehead atoms. The monoisotopic (exact) mass is 444 g/mol. The van der Waals surface area contributed by atoms with E-state index >= 15 is 0 Å². The molecule has 6 nitrogen and oxygen atoms in total. The number of nitrogens with zero attached hydrogens (tertiary/aromatic N) is 1. The van der Waals surface area contributed by atoms with Crippen molar-refractivity contribution in [3.63, 3.8) is 0 Å². The van der Waals surface area contributed by atoms with Crippen LogP contribution in [0.2, 0.25) is 0 Å². The number of para-hydroxylation sites is 1. The molecular formula is C25H20N2O4S. The van der Waals surface area contributed by atoms with Gasteiger partial charge >= 0.3 is 5.97 Å². The second kappa shape index (κ2) is 9.11. The van der Waals surface area contributed by atoms with E-state index < -0.39 is 18.0 Å². The molecule has 0 fully saturated rings. The molecule has 0 aliphatic rings. The van der Waals surface area contributed by atoms with Gasteiger partial charge in [-0.25, -0.2) is 9.78 Å². The predicted molar refractivity (Wildman–Crippen MR) is 125 cm³/mol. The highest BCUT2D eigenvalue weighted by Gasteiger charge is 2.22. The Morgan fingerprint density at radius 1 is 1.00 bits per heavy atom. The van der Waals surface area contributed by atoms with Crippen LogP contribution in [0.5, 0.6) is 0 Å². The summed E-state index contributed by atoms with van der Waals surface area (Å²) >= 11 is 1.53. The number of anilines is 1. The van der Waals surface area contributed by atoms with Crippen molar-refractivity contribution in [1.29, 1.82) is 0 Å². The second-order valence-corrected chi connectivity index (χ2v) is 8.17. The number of fused-ring (bicyclic) bond motifs is 1. The average molecular weight is 445 g/mol. The first-order valence-electron chi connectivity index (χ1n) is 9.99. The lowest BCUT2D eigenvalue weighted by molar-refractivity contribution is -0.123. The van der Waals surface area contributed by atoms with Gasteiger partial charge in [0.1, 0.15) is 0 Å². The van der Waals surface area contributed by atoms with Crippen molar-refractivity contribution in [2.24, 2.45) is 0 Å². The maximum Gasteiger partial charge on any atom is 0.339 e. The van der Waals surface area contributed by atoms with E-state index in [0.717, 1.165) is 4.88 Å². The average Bonchev–Trinajstić information content (AvgIpc) is 3.33. The van der Waals surface area contributed by atoms with Crippen LogP contribution in [0.25, 0.3) is 21.5 Å². The Morgan fingerprint density at radius 2 is 1.75 bits per heavy atom. The van der Waals surface area contributed by atoms with E-state index in [0.29, 0.717) is 33.4 Å². The number of carbonyl (C=O) groups excluding carboxylic acids is 3. The summed E-state index contributed by atoms with van der Waals surface area (Å²) in [5.41, 5.74) is 2.76. The molecule has 0 radical (unpaired) electrons. The zero-order valence-electron chi connectivity index (χ0n) is 17.5. The highest BCUT2D eigenvalue weighted by Crippen LogP contribution is 2.28. The van der Waals surface area contributed by atoms with E-state index in [1.807, 2.05) is 35.7 Å². The second-order valence-electron chi connectivity index (χ2n) is 7.22. The van der Waals surface area contributed by atoms with E-state index in [4.69, 9.17) is 4.74 Å². The van der Waals surface area contributed by atoms with Crippen LogP contribution >= 0.6 is 11.3 Å². The molecule has 32 heavy (non-hydrogen) atoms. The van der Waals surface area contributed by atoms with Crippen LogP contribution in [0.1, 0.15) is 34.6 Å². The molecule has 1 N–H and O–H groups in total. The molecule has 2 aromatic carbocycles. The summed E-state index contributed by atoms with van der Waals surface area (Å²) in [7, 11) is 0. The Kier molecular flexibility index (Phi) is 6.09. The van der Waals surface area contributed by atoms with Crippen molar-refractivity contribution in [3.8, 4) is 10.6 Å². The summed E-state index contributed by atoms with van der Waals surface area (Å²) in [4.78, 5) is 42.5. The van der Waals surface area contributed by atoms with Crippen LogP contribution in [-0.4, -0.2) is 28.7 Å². The van der Waals surface area contributed by atoms with Crippen LogP contribution in [0.3, 0.4) is 0 Å². The minimum atomic E-state index is -1.02. The number of nitrogens with one attached hydrogen (secondary N) is 1. The quantitative estimate of drug-likeness (QED) is 0.320. The summed E-state index contributed by atoms with van der Waals surface area (Å²) < 4.78 is 5.48. The number of hydrogen-bond acceptors (Lipinski definition) is 6. The van der Waals surface area contributed by atoms with Gasteiger partial charge in [-0.05, 0) is 61.7 Å². The third kappa shape index (κ3) is 4.58. The Bertz CT molecular complexity index is 1300. The van der Waals surface area contributed by atoms with Gasteiger partial charge in [-0.2, -0.15) is 0 Å². The van der Waals surface area contributed by atoms with Gasteiger partial charge < -0.3 is 10.1 Å². The normalized spacial score (nSPS) is 11.7. The van der Waals surface area contributed by atoms with Crippen LogP contribution in [0.4, 0.5) is 5.69 Å². The molecular weight excluding hydrogens is 424 g/mol. The molecule has 0 spiro atoms. The third-order valence-electron chi connectivity index (χ3n) is 4.92. The molecule has 0 aliphatic heterocycles. The lowest BCUT2D eigenvalue weighted by atomic mass is 10.1. The third-order valence-corrected chi connectivity index (χ3v) is 5.81. The maximum atomic E-state index is 13.0. The van der Waals surface area contributed by atoms with Crippen molar-refractivity contribution in [3.05, 3.63) is 83.2 Å². The molecule has 4 rings (SSSR count). The van der Waals surface area contributed by atoms with E-state index in [9.17, 15) is 14.4 Å². The molecule has 1 unspecified atom stereocenters. The van der Waals surface area contributed by atoms with Crippen LogP contribution in [0.15, 0.2) is 72.1 Å². The number of benzene rings is 2. The number of hydrogen-bond donors (Lipinski definition) is 1. The number of rotatable bonds is 6. The minimum Gasteiger partial charge on any atom is -0.449 e. The van der Waals surface area contributed by atoms with E-state index in [2.05, 4.69) is 10.3 Å². The number of ether oxygens (including phenoxy) is 1. The molecule has 1 atom stereocenters. The van der Waals surface area contributed by atoms with Gasteiger partial charge in [-0.15, -0.1) is 11.3 Å². The van der Waals surface area contributed by atoms with Crippen molar-refractivity contribution >= 4 is 45.6 Å². The molecule has 160 valence electrons. The van der Waals surface area contributed by atoms with Crippen LogP contribution < -0.4 is 5.32 Å². The summed E-state index contributed by atoms with van der Waals surface area (Å²) in [5.74, 6) is -1.13. The Morgan fingerprint density at radius 3 is 2.44 bits per heavy atom. The fourth-order valence-electron chi connectivity index (χ4n) is 3.20. The smallest absolute Gasteiger partial charge is 0.339 e. The van der Waals surface area contributed by atoms with Crippen molar-refractivity contribution < 1.29 is 19.1 Å². The first-order chi connectivity index (χ1) is 15.4. The number of carbonyl (C=O) groups is 3. The number of ketones is 1. The fourth-order valence-corrected chi connectivity index (χ4v) is 3.89. The lowest BCUT2D eigenvalue weighted by Gasteiger charge is -2.15. The SMILES string of the molecule is CC(=O)c1ccc(NC(=O)C(C)OC(=O)c2cc(-c3cccs3)nc3ccccc23)cc1. The number of pyridine rings is 1. The predicted octanol–water partition coefficient (Wildman–Crippen LogP) is 5.35. The minimum absolute atomic E-state index is 0.0586. The number of Topliss-reactive ketones (excluding diaryl/α,β-unsaturated/α-hetero) is 1. The largest absolute Gasteiger partial charge is 0.449 e. The van der Waals surface area contributed by atoms with Crippen LogP contribution in [0, 0.1) is 0 Å². The molecule has 2 aromatic heterocycles. The molecule has 7 heteroatoms. The Hall–Kier alpha value is -3.84. The molecule has 0 aliphatic carbocycles. The van der Waals surface area contributed by atoms with Crippen molar-refractivity contribution in [1.82, 2.24) is 4.98 Å². The number of esters is 1. The van der Waals surface area contributed by atoms with Gasteiger partial charge in [0.25, 0.3) is 5.91 Å². The molecule has 1 amide bonds. The van der Waals surface area contributed by atoms with Gasteiger partial charge in [0.05, 0.1) is 21.7 Å². The van der Waals surface area contributed by atoms with Gasteiger partial charge in [0, 0.05) is 16.6 Å². The number of thiophene rings is 1. The lowest BCUT2D eigenvalue weighted by Crippen LogP contribution is -2.30. The topological polar surface area (TPSA) is 85.4 Å². The Balaban J connectivity index is 1.54. The first kappa shape index (κ1) is 21.4. The van der Waals surface area contributed by atoms with E-state index in [1.165, 1.54) is 25.2 Å². The van der Waals surface area contributed by atoms with Gasteiger partial charge in [-0.3, -0.25) is 9.59 Å². The fraction of sp³-hybridized carbons (Fsp3) is 0.120. The van der Waals surface area contributed by atoms with E-state index in [1.54, 1.807) is 36.4 Å². The molecule has 4 aromatic rings. The zero-order chi connectivity index (χ0) is 22.7. The molecule has 2 heterocycles. The maximum absolute atomic E-state index is 13.0. The highest BCUT2D eigenvalue weighted by atomic mass is 32.1. The highest BCUT2D eigenvalue weighted by molar-refractivity contribution is 7.13. The molecule has 0 saturated heterocycles. The Labute approximate surface area is 188 Å². The summed E-state index contributed by atoms with van der Waals surface area (Å²) in [5, 5.41) is 5.30. The standard InChI is InChI=1S/C25H20N2O4S/c1-15(28)17-9-11-18(12-10-17)26-24(29)16(2)31-25(30)20-14-22(23-8-5-13-32-23)27-21-7-4-3-6-19(20)21/h3-14,16H,1-2H3,(H,26,29).